The van der Waals surface area contributed by atoms with Crippen LogP contribution in [-0.2, 0) is 4.79 Å². The normalized spacial score (nSPS) is 10.9. The van der Waals surface area contributed by atoms with E-state index in [1.165, 1.54) is 18.0 Å². The Labute approximate surface area is 130 Å². The van der Waals surface area contributed by atoms with Crippen LogP contribution in [-0.4, -0.2) is 11.7 Å². The van der Waals surface area contributed by atoms with Gasteiger partial charge in [0.1, 0.15) is 0 Å². The summed E-state index contributed by atoms with van der Waals surface area (Å²) >= 11 is 0. The molecule has 112 valence electrons. The largest absolute Gasteiger partial charge is 0.295 e. The summed E-state index contributed by atoms with van der Waals surface area (Å²) < 4.78 is 0. The third-order valence-electron chi connectivity index (χ3n) is 2.95. The number of benzene rings is 2. The number of anilines is 1. The van der Waals surface area contributed by atoms with Gasteiger partial charge in [0.25, 0.3) is 5.91 Å². The summed E-state index contributed by atoms with van der Waals surface area (Å²) in [5.41, 5.74) is 4.85. The van der Waals surface area contributed by atoms with Gasteiger partial charge >= 0.3 is 0 Å². The van der Waals surface area contributed by atoms with E-state index in [1.54, 1.807) is 19.1 Å². The zero-order valence-electron chi connectivity index (χ0n) is 12.6. The van der Waals surface area contributed by atoms with Crippen LogP contribution in [0.3, 0.4) is 0 Å². The van der Waals surface area contributed by atoms with Crippen LogP contribution < -0.4 is 10.4 Å². The van der Waals surface area contributed by atoms with Crippen LogP contribution >= 0.6 is 0 Å². The van der Waals surface area contributed by atoms with Crippen LogP contribution in [0.25, 0.3) is 0 Å². The highest BCUT2D eigenvalue weighted by atomic mass is 16.2. The number of allylic oxidation sites excluding steroid dienone is 2. The van der Waals surface area contributed by atoms with Crippen molar-refractivity contribution in [1.82, 2.24) is 5.43 Å². The van der Waals surface area contributed by atoms with Gasteiger partial charge < -0.3 is 0 Å². The van der Waals surface area contributed by atoms with Crippen molar-refractivity contribution in [2.24, 2.45) is 0 Å². The summed E-state index contributed by atoms with van der Waals surface area (Å²) in [5.74, 6) is -0.270. The SMILES string of the molecule is CC(=O)/C=C(\C)NN(C(=O)c1ccccc1)c1ccccc1. The molecule has 0 heterocycles. The summed E-state index contributed by atoms with van der Waals surface area (Å²) in [6.07, 6.45) is 1.45. The number of para-hydroxylation sites is 1. The fraction of sp³-hybridized carbons (Fsp3) is 0.111. The fourth-order valence-electron chi connectivity index (χ4n) is 2.03. The highest BCUT2D eigenvalue weighted by molar-refractivity contribution is 6.05. The van der Waals surface area contributed by atoms with Gasteiger partial charge in [0.2, 0.25) is 0 Å². The van der Waals surface area contributed by atoms with Crippen molar-refractivity contribution in [2.75, 3.05) is 5.01 Å². The van der Waals surface area contributed by atoms with Gasteiger partial charge in [-0.15, -0.1) is 0 Å². The summed E-state index contributed by atoms with van der Waals surface area (Å²) in [6.45, 7) is 3.21. The second kappa shape index (κ2) is 7.22. The van der Waals surface area contributed by atoms with Gasteiger partial charge in [-0.25, -0.2) is 5.01 Å². The van der Waals surface area contributed by atoms with E-state index in [9.17, 15) is 9.59 Å². The lowest BCUT2D eigenvalue weighted by atomic mass is 10.2. The monoisotopic (exact) mass is 294 g/mol. The number of carbonyl (C=O) groups excluding carboxylic acids is 2. The molecule has 0 aliphatic heterocycles. The van der Waals surface area contributed by atoms with Crippen molar-refractivity contribution >= 4 is 17.4 Å². The van der Waals surface area contributed by atoms with E-state index in [4.69, 9.17) is 0 Å². The van der Waals surface area contributed by atoms with Gasteiger partial charge in [-0.2, -0.15) is 0 Å². The number of ketones is 1. The van der Waals surface area contributed by atoms with E-state index >= 15 is 0 Å². The molecular weight excluding hydrogens is 276 g/mol. The lowest BCUT2D eigenvalue weighted by Crippen LogP contribution is -2.42. The summed E-state index contributed by atoms with van der Waals surface area (Å²) in [5, 5.41) is 1.43. The Hall–Kier alpha value is -2.88. The van der Waals surface area contributed by atoms with Crippen molar-refractivity contribution in [3.05, 3.63) is 78.0 Å². The molecule has 0 bridgehead atoms. The van der Waals surface area contributed by atoms with Gasteiger partial charge in [-0.05, 0) is 38.1 Å². The van der Waals surface area contributed by atoms with Gasteiger partial charge in [0.05, 0.1) is 5.69 Å². The molecule has 4 nitrogen and oxygen atoms in total. The quantitative estimate of drug-likeness (QED) is 0.679. The topological polar surface area (TPSA) is 49.4 Å². The third-order valence-corrected chi connectivity index (χ3v) is 2.95. The Kier molecular flexibility index (Phi) is 5.09. The number of hydrogen-bond acceptors (Lipinski definition) is 3. The molecule has 2 rings (SSSR count). The lowest BCUT2D eigenvalue weighted by Gasteiger charge is -2.25. The van der Waals surface area contributed by atoms with Crippen LogP contribution in [0.4, 0.5) is 5.69 Å². The Bertz CT molecular complexity index is 679. The van der Waals surface area contributed by atoms with Crippen LogP contribution in [0.1, 0.15) is 24.2 Å². The average molecular weight is 294 g/mol. The zero-order chi connectivity index (χ0) is 15.9. The maximum absolute atomic E-state index is 12.7. The number of hydrazine groups is 1. The van der Waals surface area contributed by atoms with E-state index in [-0.39, 0.29) is 11.7 Å². The van der Waals surface area contributed by atoms with Crippen molar-refractivity contribution in [2.45, 2.75) is 13.8 Å². The molecule has 0 unspecified atom stereocenters. The Morgan fingerprint density at radius 2 is 1.45 bits per heavy atom. The lowest BCUT2D eigenvalue weighted by molar-refractivity contribution is -0.112. The predicted molar refractivity (Wildman–Crippen MR) is 87.3 cm³/mol. The standard InChI is InChI=1S/C18H18N2O2/c1-14(13-15(2)21)19-20(17-11-7-4-8-12-17)18(22)16-9-5-3-6-10-16/h3-13,19H,1-2H3/b14-13+. The summed E-state index contributed by atoms with van der Waals surface area (Å²) in [7, 11) is 0. The Morgan fingerprint density at radius 1 is 0.909 bits per heavy atom. The van der Waals surface area contributed by atoms with Crippen molar-refractivity contribution in [1.29, 1.82) is 0 Å². The highest BCUT2D eigenvalue weighted by Gasteiger charge is 2.17. The second-order valence-corrected chi connectivity index (χ2v) is 4.89. The van der Waals surface area contributed by atoms with E-state index in [0.29, 0.717) is 16.9 Å². The molecule has 0 atom stereocenters. The van der Waals surface area contributed by atoms with Crippen molar-refractivity contribution < 1.29 is 9.59 Å². The maximum Gasteiger partial charge on any atom is 0.276 e. The molecule has 4 heteroatoms. The molecular formula is C18H18N2O2. The molecule has 0 aromatic heterocycles. The van der Waals surface area contributed by atoms with E-state index in [1.807, 2.05) is 48.5 Å². The number of nitrogens with one attached hydrogen (secondary N) is 1. The van der Waals surface area contributed by atoms with Crippen molar-refractivity contribution in [3.63, 3.8) is 0 Å². The van der Waals surface area contributed by atoms with Gasteiger partial charge in [-0.1, -0.05) is 36.4 Å². The fourth-order valence-corrected chi connectivity index (χ4v) is 2.03. The highest BCUT2D eigenvalue weighted by Crippen LogP contribution is 2.15. The van der Waals surface area contributed by atoms with Crippen LogP contribution in [0.15, 0.2) is 72.4 Å². The smallest absolute Gasteiger partial charge is 0.276 e. The van der Waals surface area contributed by atoms with Crippen LogP contribution in [0.5, 0.6) is 0 Å². The second-order valence-electron chi connectivity index (χ2n) is 4.89. The minimum Gasteiger partial charge on any atom is -0.295 e. The summed E-state index contributed by atoms with van der Waals surface area (Å²) in [6, 6.07) is 18.2. The van der Waals surface area contributed by atoms with Gasteiger partial charge in [0.15, 0.2) is 5.78 Å². The molecule has 1 amide bonds. The first kappa shape index (κ1) is 15.5. The molecule has 0 spiro atoms. The van der Waals surface area contributed by atoms with Gasteiger partial charge in [0, 0.05) is 17.3 Å². The van der Waals surface area contributed by atoms with E-state index in [2.05, 4.69) is 5.43 Å². The minimum absolute atomic E-state index is 0.0785. The zero-order valence-corrected chi connectivity index (χ0v) is 12.6. The Balaban J connectivity index is 2.34. The molecule has 0 aliphatic carbocycles. The number of rotatable bonds is 5. The molecule has 0 aliphatic rings. The molecule has 0 fully saturated rings. The number of carbonyl (C=O) groups is 2. The van der Waals surface area contributed by atoms with Gasteiger partial charge in [-0.3, -0.25) is 15.0 Å². The summed E-state index contributed by atoms with van der Waals surface area (Å²) in [4.78, 5) is 23.9. The molecule has 22 heavy (non-hydrogen) atoms. The first-order chi connectivity index (χ1) is 10.6. The van der Waals surface area contributed by atoms with E-state index < -0.39 is 0 Å². The molecule has 2 aromatic rings. The average Bonchev–Trinajstić information content (AvgIpc) is 2.53. The molecule has 0 radical (unpaired) electrons. The molecule has 0 saturated heterocycles. The first-order valence-corrected chi connectivity index (χ1v) is 6.98. The first-order valence-electron chi connectivity index (χ1n) is 6.98. The molecule has 1 N–H and O–H groups in total. The predicted octanol–water partition coefficient (Wildman–Crippen LogP) is 3.33. The van der Waals surface area contributed by atoms with Crippen LogP contribution in [0, 0.1) is 0 Å². The van der Waals surface area contributed by atoms with Crippen LogP contribution in [0.2, 0.25) is 0 Å². The van der Waals surface area contributed by atoms with E-state index in [0.717, 1.165) is 0 Å². The van der Waals surface area contributed by atoms with Crippen molar-refractivity contribution in [3.8, 4) is 0 Å². The minimum atomic E-state index is -0.192. The molecule has 0 saturated carbocycles. The Morgan fingerprint density at radius 3 is 2.00 bits per heavy atom. The number of hydrogen-bond donors (Lipinski definition) is 1. The third kappa shape index (κ3) is 4.06. The number of amides is 1. The molecule has 2 aromatic carbocycles. The number of nitrogens with zero attached hydrogens (tertiary/aromatic N) is 1. The maximum atomic E-state index is 12.7.